The number of nitrogens with one attached hydrogen (secondary N) is 1. The lowest BCUT2D eigenvalue weighted by molar-refractivity contribution is 0.190. The van der Waals surface area contributed by atoms with E-state index in [0.29, 0.717) is 11.5 Å². The van der Waals surface area contributed by atoms with E-state index in [1.165, 1.54) is 31.0 Å². The molecule has 106 valence electrons. The standard InChI is InChI=1S/C16H23F2N/c1-11(15-13(17)7-4-8-14(15)18)19-12-6-5-9-16(2,3)10-12/h4,7-8,11-12,19H,5-6,9-10H2,1-3H3. The Labute approximate surface area is 114 Å². The zero-order chi connectivity index (χ0) is 14.0. The van der Waals surface area contributed by atoms with Gasteiger partial charge in [0.25, 0.3) is 0 Å². The normalized spacial score (nSPS) is 24.2. The summed E-state index contributed by atoms with van der Waals surface area (Å²) < 4.78 is 27.5. The van der Waals surface area contributed by atoms with Crippen molar-refractivity contribution in [1.29, 1.82) is 0 Å². The van der Waals surface area contributed by atoms with Gasteiger partial charge in [-0.05, 0) is 43.7 Å². The van der Waals surface area contributed by atoms with Gasteiger partial charge < -0.3 is 5.32 Å². The molecule has 1 saturated carbocycles. The first kappa shape index (κ1) is 14.4. The molecule has 0 bridgehead atoms. The predicted octanol–water partition coefficient (Wildman–Crippen LogP) is 4.58. The lowest BCUT2D eigenvalue weighted by atomic mass is 9.75. The molecule has 1 aromatic carbocycles. The Kier molecular flexibility index (Phi) is 4.24. The summed E-state index contributed by atoms with van der Waals surface area (Å²) in [6.45, 7) is 6.35. The van der Waals surface area contributed by atoms with Gasteiger partial charge in [-0.25, -0.2) is 8.78 Å². The zero-order valence-corrected chi connectivity index (χ0v) is 12.0. The van der Waals surface area contributed by atoms with Gasteiger partial charge in [0.15, 0.2) is 0 Å². The third-order valence-corrected chi connectivity index (χ3v) is 4.12. The highest BCUT2D eigenvalue weighted by atomic mass is 19.1. The summed E-state index contributed by atoms with van der Waals surface area (Å²) in [5.74, 6) is -0.926. The van der Waals surface area contributed by atoms with Gasteiger partial charge in [0, 0.05) is 17.6 Å². The summed E-state index contributed by atoms with van der Waals surface area (Å²) in [7, 11) is 0. The van der Waals surface area contributed by atoms with E-state index < -0.39 is 11.6 Å². The zero-order valence-electron chi connectivity index (χ0n) is 12.0. The van der Waals surface area contributed by atoms with E-state index in [9.17, 15) is 8.78 Å². The molecule has 0 heterocycles. The van der Waals surface area contributed by atoms with E-state index in [-0.39, 0.29) is 11.6 Å². The Bertz CT molecular complexity index is 422. The molecule has 1 N–H and O–H groups in total. The third-order valence-electron chi connectivity index (χ3n) is 4.12. The van der Waals surface area contributed by atoms with Crippen LogP contribution in [-0.2, 0) is 0 Å². The maximum Gasteiger partial charge on any atom is 0.130 e. The van der Waals surface area contributed by atoms with Crippen LogP contribution in [0, 0.1) is 17.0 Å². The van der Waals surface area contributed by atoms with Gasteiger partial charge in [-0.2, -0.15) is 0 Å². The monoisotopic (exact) mass is 267 g/mol. The maximum absolute atomic E-state index is 13.7. The minimum absolute atomic E-state index is 0.158. The maximum atomic E-state index is 13.7. The summed E-state index contributed by atoms with van der Waals surface area (Å²) in [5, 5.41) is 3.39. The molecule has 1 aromatic rings. The van der Waals surface area contributed by atoms with Crippen molar-refractivity contribution < 1.29 is 8.78 Å². The Balaban J connectivity index is 2.07. The van der Waals surface area contributed by atoms with Crippen LogP contribution >= 0.6 is 0 Å². The number of rotatable bonds is 3. The van der Waals surface area contributed by atoms with Gasteiger partial charge in [0.2, 0.25) is 0 Å². The third kappa shape index (κ3) is 3.53. The molecule has 2 unspecified atom stereocenters. The van der Waals surface area contributed by atoms with Crippen LogP contribution < -0.4 is 5.32 Å². The molecule has 19 heavy (non-hydrogen) atoms. The fourth-order valence-electron chi connectivity index (χ4n) is 3.20. The smallest absolute Gasteiger partial charge is 0.130 e. The lowest BCUT2D eigenvalue weighted by Crippen LogP contribution is -2.39. The van der Waals surface area contributed by atoms with Crippen molar-refractivity contribution in [3.8, 4) is 0 Å². The second kappa shape index (κ2) is 5.58. The SMILES string of the molecule is CC(NC1CCCC(C)(C)C1)c1c(F)cccc1F. The highest BCUT2D eigenvalue weighted by Gasteiger charge is 2.29. The second-order valence-electron chi connectivity index (χ2n) is 6.48. The fraction of sp³-hybridized carbons (Fsp3) is 0.625. The van der Waals surface area contributed by atoms with Crippen LogP contribution in [-0.4, -0.2) is 6.04 Å². The number of hydrogen-bond acceptors (Lipinski definition) is 1. The molecule has 0 spiro atoms. The molecule has 0 amide bonds. The van der Waals surface area contributed by atoms with Crippen LogP contribution in [0.15, 0.2) is 18.2 Å². The van der Waals surface area contributed by atoms with Crippen molar-refractivity contribution in [2.45, 2.75) is 58.5 Å². The quantitative estimate of drug-likeness (QED) is 0.845. The molecule has 2 rings (SSSR count). The highest BCUT2D eigenvalue weighted by molar-refractivity contribution is 5.23. The molecule has 0 saturated heterocycles. The van der Waals surface area contributed by atoms with Crippen LogP contribution in [0.4, 0.5) is 8.78 Å². The summed E-state index contributed by atoms with van der Waals surface area (Å²) >= 11 is 0. The minimum atomic E-state index is -0.463. The molecular weight excluding hydrogens is 244 g/mol. The number of halogens is 2. The van der Waals surface area contributed by atoms with Crippen molar-refractivity contribution in [1.82, 2.24) is 5.32 Å². The van der Waals surface area contributed by atoms with Crippen LogP contribution in [0.2, 0.25) is 0 Å². The Hall–Kier alpha value is -0.960. The average Bonchev–Trinajstić information content (AvgIpc) is 2.27. The first-order valence-electron chi connectivity index (χ1n) is 7.09. The lowest BCUT2D eigenvalue weighted by Gasteiger charge is -2.37. The number of benzene rings is 1. The van der Waals surface area contributed by atoms with Gasteiger partial charge in [-0.1, -0.05) is 26.3 Å². The molecular formula is C16H23F2N. The highest BCUT2D eigenvalue weighted by Crippen LogP contribution is 2.36. The van der Waals surface area contributed by atoms with E-state index in [1.807, 2.05) is 6.92 Å². The van der Waals surface area contributed by atoms with Crippen LogP contribution in [0.25, 0.3) is 0 Å². The van der Waals surface area contributed by atoms with E-state index in [1.54, 1.807) is 0 Å². The molecule has 1 aliphatic rings. The van der Waals surface area contributed by atoms with Gasteiger partial charge in [0.05, 0.1) is 0 Å². The van der Waals surface area contributed by atoms with E-state index >= 15 is 0 Å². The topological polar surface area (TPSA) is 12.0 Å². The first-order chi connectivity index (χ1) is 8.89. The van der Waals surface area contributed by atoms with Crippen LogP contribution in [0.1, 0.15) is 58.1 Å². The fourth-order valence-corrected chi connectivity index (χ4v) is 3.20. The molecule has 1 fully saturated rings. The summed E-state index contributed by atoms with van der Waals surface area (Å²) in [4.78, 5) is 0. The second-order valence-corrected chi connectivity index (χ2v) is 6.48. The van der Waals surface area contributed by atoms with Crippen LogP contribution in [0.5, 0.6) is 0 Å². The number of hydrogen-bond donors (Lipinski definition) is 1. The van der Waals surface area contributed by atoms with Crippen molar-refractivity contribution in [3.63, 3.8) is 0 Å². The van der Waals surface area contributed by atoms with Gasteiger partial charge in [-0.15, -0.1) is 0 Å². The summed E-state index contributed by atoms with van der Waals surface area (Å²) in [6, 6.07) is 4.10. The predicted molar refractivity (Wildman–Crippen MR) is 73.9 cm³/mol. The van der Waals surface area contributed by atoms with Crippen molar-refractivity contribution >= 4 is 0 Å². The Morgan fingerprint density at radius 2 is 1.89 bits per heavy atom. The first-order valence-corrected chi connectivity index (χ1v) is 7.09. The summed E-state index contributed by atoms with van der Waals surface area (Å²) in [5.41, 5.74) is 0.481. The molecule has 2 atom stereocenters. The van der Waals surface area contributed by atoms with Crippen molar-refractivity contribution in [2.24, 2.45) is 5.41 Å². The van der Waals surface area contributed by atoms with E-state index in [0.717, 1.165) is 12.8 Å². The van der Waals surface area contributed by atoms with Crippen LogP contribution in [0.3, 0.4) is 0 Å². The molecule has 1 nitrogen and oxygen atoms in total. The summed E-state index contributed by atoms with van der Waals surface area (Å²) in [6.07, 6.45) is 4.56. The minimum Gasteiger partial charge on any atom is -0.307 e. The molecule has 0 aliphatic heterocycles. The van der Waals surface area contributed by atoms with Crippen molar-refractivity contribution in [3.05, 3.63) is 35.4 Å². The van der Waals surface area contributed by atoms with E-state index in [4.69, 9.17) is 0 Å². The Morgan fingerprint density at radius 3 is 2.47 bits per heavy atom. The van der Waals surface area contributed by atoms with Gasteiger partial charge in [0.1, 0.15) is 11.6 Å². The van der Waals surface area contributed by atoms with E-state index in [2.05, 4.69) is 19.2 Å². The molecule has 3 heteroatoms. The average molecular weight is 267 g/mol. The molecule has 0 radical (unpaired) electrons. The van der Waals surface area contributed by atoms with Gasteiger partial charge in [-0.3, -0.25) is 0 Å². The molecule has 0 aromatic heterocycles. The Morgan fingerprint density at radius 1 is 1.26 bits per heavy atom. The van der Waals surface area contributed by atoms with Crippen molar-refractivity contribution in [2.75, 3.05) is 0 Å². The molecule has 1 aliphatic carbocycles. The largest absolute Gasteiger partial charge is 0.307 e. The van der Waals surface area contributed by atoms with Gasteiger partial charge >= 0.3 is 0 Å².